The number of halogens is 2. The van der Waals surface area contributed by atoms with E-state index >= 15 is 0 Å². The third-order valence-electron chi connectivity index (χ3n) is 4.23. The van der Waals surface area contributed by atoms with Crippen LogP contribution in [0.1, 0.15) is 10.4 Å². The van der Waals surface area contributed by atoms with Crippen LogP contribution in [0.3, 0.4) is 0 Å². The molecule has 1 fully saturated rings. The molecule has 0 unspecified atom stereocenters. The molecule has 10 heteroatoms. The van der Waals surface area contributed by atoms with Crippen LogP contribution in [0.15, 0.2) is 48.7 Å². The lowest BCUT2D eigenvalue weighted by atomic mass is 10.2. The van der Waals surface area contributed by atoms with Crippen molar-refractivity contribution in [2.24, 2.45) is 0 Å². The van der Waals surface area contributed by atoms with Gasteiger partial charge in [0, 0.05) is 29.0 Å². The van der Waals surface area contributed by atoms with E-state index in [1.54, 1.807) is 18.2 Å². The number of amides is 1. The SMILES string of the molecule is O=C(Nc1cc(N2CCOCC2)ncn1)c1cc2cc(Br)cc(Br)c2oc1=O. The van der Waals surface area contributed by atoms with Crippen LogP contribution in [0, 0.1) is 0 Å². The molecule has 1 amide bonds. The lowest BCUT2D eigenvalue weighted by Crippen LogP contribution is -2.36. The lowest BCUT2D eigenvalue weighted by Gasteiger charge is -2.27. The summed E-state index contributed by atoms with van der Waals surface area (Å²) in [5.41, 5.74) is -0.457. The predicted octanol–water partition coefficient (Wildman–Crippen LogP) is 3.20. The molecule has 2 aromatic heterocycles. The highest BCUT2D eigenvalue weighted by atomic mass is 79.9. The fourth-order valence-electron chi connectivity index (χ4n) is 2.88. The van der Waals surface area contributed by atoms with Crippen molar-refractivity contribution in [1.29, 1.82) is 0 Å². The second kappa shape index (κ2) is 7.98. The summed E-state index contributed by atoms with van der Waals surface area (Å²) in [6.45, 7) is 2.66. The van der Waals surface area contributed by atoms with Crippen molar-refractivity contribution in [3.63, 3.8) is 0 Å². The van der Waals surface area contributed by atoms with Gasteiger partial charge in [0.25, 0.3) is 5.91 Å². The van der Waals surface area contributed by atoms with E-state index in [1.165, 1.54) is 12.4 Å². The normalized spacial score (nSPS) is 14.3. The number of rotatable bonds is 3. The number of morpholine rings is 1. The standard InChI is InChI=1S/C18H14Br2N4O4/c19-11-5-10-6-12(18(26)28-16(10)13(20)7-11)17(25)23-14-8-15(22-9-21-14)24-1-3-27-4-2-24/h5-9H,1-4H2,(H,21,22,23,25). The first kappa shape index (κ1) is 19.0. The second-order valence-electron chi connectivity index (χ2n) is 6.07. The minimum atomic E-state index is -0.726. The molecule has 144 valence electrons. The van der Waals surface area contributed by atoms with Gasteiger partial charge >= 0.3 is 5.63 Å². The molecular weight excluding hydrogens is 496 g/mol. The van der Waals surface area contributed by atoms with E-state index in [1.807, 2.05) is 4.90 Å². The van der Waals surface area contributed by atoms with Gasteiger partial charge < -0.3 is 19.4 Å². The molecule has 0 aliphatic carbocycles. The van der Waals surface area contributed by atoms with Crippen LogP contribution in [-0.4, -0.2) is 42.2 Å². The molecule has 8 nitrogen and oxygen atoms in total. The minimum absolute atomic E-state index is 0.107. The first-order chi connectivity index (χ1) is 13.5. The van der Waals surface area contributed by atoms with Gasteiger partial charge in [0.05, 0.1) is 17.7 Å². The van der Waals surface area contributed by atoms with Gasteiger partial charge in [-0.15, -0.1) is 0 Å². The van der Waals surface area contributed by atoms with Gasteiger partial charge in [-0.2, -0.15) is 0 Å². The second-order valence-corrected chi connectivity index (χ2v) is 7.84. The van der Waals surface area contributed by atoms with Crippen LogP contribution in [0.4, 0.5) is 11.6 Å². The number of ether oxygens (including phenoxy) is 1. The summed E-state index contributed by atoms with van der Waals surface area (Å²) in [7, 11) is 0. The zero-order chi connectivity index (χ0) is 19.7. The summed E-state index contributed by atoms with van der Waals surface area (Å²) in [6, 6.07) is 6.69. The number of aromatic nitrogens is 2. The summed E-state index contributed by atoms with van der Waals surface area (Å²) < 4.78 is 12.1. The number of nitrogens with zero attached hydrogens (tertiary/aromatic N) is 3. The average Bonchev–Trinajstić information content (AvgIpc) is 2.69. The van der Waals surface area contributed by atoms with Crippen LogP contribution >= 0.6 is 31.9 Å². The molecule has 0 atom stereocenters. The summed E-state index contributed by atoms with van der Waals surface area (Å²) in [5.74, 6) is 0.391. The molecule has 28 heavy (non-hydrogen) atoms. The summed E-state index contributed by atoms with van der Waals surface area (Å²) >= 11 is 6.73. The van der Waals surface area contributed by atoms with E-state index < -0.39 is 11.5 Å². The van der Waals surface area contributed by atoms with Crippen LogP contribution in [-0.2, 0) is 4.74 Å². The maximum absolute atomic E-state index is 12.6. The molecule has 4 rings (SSSR count). The Morgan fingerprint density at radius 3 is 2.68 bits per heavy atom. The smallest absolute Gasteiger partial charge is 0.349 e. The van der Waals surface area contributed by atoms with Crippen LogP contribution < -0.4 is 15.8 Å². The Bertz CT molecular complexity index is 1110. The van der Waals surface area contributed by atoms with Gasteiger partial charge in [-0.3, -0.25) is 4.79 Å². The Morgan fingerprint density at radius 1 is 1.11 bits per heavy atom. The van der Waals surface area contributed by atoms with Gasteiger partial charge in [0.15, 0.2) is 5.58 Å². The number of nitrogens with one attached hydrogen (secondary N) is 1. The fraction of sp³-hybridized carbons (Fsp3) is 0.222. The zero-order valence-corrected chi connectivity index (χ0v) is 17.6. The van der Waals surface area contributed by atoms with E-state index in [9.17, 15) is 9.59 Å². The largest absolute Gasteiger partial charge is 0.421 e. The molecule has 1 aliphatic rings. The van der Waals surface area contributed by atoms with E-state index in [0.717, 1.165) is 4.47 Å². The Morgan fingerprint density at radius 2 is 1.89 bits per heavy atom. The maximum atomic E-state index is 12.6. The lowest BCUT2D eigenvalue weighted by molar-refractivity contribution is 0.102. The van der Waals surface area contributed by atoms with Gasteiger partial charge in [-0.05, 0) is 34.1 Å². The molecular formula is C18H14Br2N4O4. The van der Waals surface area contributed by atoms with Gasteiger partial charge in [0.1, 0.15) is 23.5 Å². The summed E-state index contributed by atoms with van der Waals surface area (Å²) in [6.07, 6.45) is 1.37. The first-order valence-corrected chi connectivity index (χ1v) is 9.99. The Labute approximate surface area is 176 Å². The average molecular weight is 510 g/mol. The van der Waals surface area contributed by atoms with Crippen LogP contribution in [0.5, 0.6) is 0 Å². The molecule has 1 N–H and O–H groups in total. The molecule has 0 spiro atoms. The molecule has 3 heterocycles. The van der Waals surface area contributed by atoms with Crippen molar-refractivity contribution in [2.45, 2.75) is 0 Å². The molecule has 0 bridgehead atoms. The number of anilines is 2. The minimum Gasteiger partial charge on any atom is -0.421 e. The van der Waals surface area contributed by atoms with Crippen molar-refractivity contribution in [1.82, 2.24) is 9.97 Å². The maximum Gasteiger partial charge on any atom is 0.349 e. The number of hydrogen-bond acceptors (Lipinski definition) is 7. The van der Waals surface area contributed by atoms with E-state index in [-0.39, 0.29) is 5.56 Å². The van der Waals surface area contributed by atoms with Crippen LogP contribution in [0.25, 0.3) is 11.0 Å². The van der Waals surface area contributed by atoms with Gasteiger partial charge in [-0.25, -0.2) is 14.8 Å². The monoisotopic (exact) mass is 508 g/mol. The fourth-order valence-corrected chi connectivity index (χ4v) is 4.22. The molecule has 0 radical (unpaired) electrons. The van der Waals surface area contributed by atoms with Gasteiger partial charge in [-0.1, -0.05) is 15.9 Å². The molecule has 1 aromatic carbocycles. The Kier molecular flexibility index (Phi) is 5.42. The Balaban J connectivity index is 1.62. The molecule has 3 aromatic rings. The van der Waals surface area contributed by atoms with E-state index in [0.29, 0.717) is 53.4 Å². The highest BCUT2D eigenvalue weighted by Gasteiger charge is 2.18. The number of carbonyl (C=O) groups is 1. The first-order valence-electron chi connectivity index (χ1n) is 8.40. The van der Waals surface area contributed by atoms with Crippen molar-refractivity contribution in [3.8, 4) is 0 Å². The molecule has 1 saturated heterocycles. The quantitative estimate of drug-likeness (QED) is 0.541. The third kappa shape index (κ3) is 3.94. The molecule has 1 aliphatic heterocycles. The highest BCUT2D eigenvalue weighted by Crippen LogP contribution is 2.28. The van der Waals surface area contributed by atoms with E-state index in [2.05, 4.69) is 47.1 Å². The van der Waals surface area contributed by atoms with Crippen molar-refractivity contribution in [3.05, 3.63) is 55.5 Å². The highest BCUT2D eigenvalue weighted by molar-refractivity contribution is 9.11. The predicted molar refractivity (Wildman–Crippen MR) is 111 cm³/mol. The topological polar surface area (TPSA) is 97.6 Å². The van der Waals surface area contributed by atoms with Gasteiger partial charge in [0.2, 0.25) is 0 Å². The van der Waals surface area contributed by atoms with Crippen molar-refractivity contribution >= 4 is 60.4 Å². The third-order valence-corrected chi connectivity index (χ3v) is 5.27. The van der Waals surface area contributed by atoms with E-state index in [4.69, 9.17) is 9.15 Å². The Hall–Kier alpha value is -2.30. The summed E-state index contributed by atoms with van der Waals surface area (Å²) in [4.78, 5) is 35.3. The number of benzene rings is 1. The van der Waals surface area contributed by atoms with Crippen LogP contribution in [0.2, 0.25) is 0 Å². The zero-order valence-electron chi connectivity index (χ0n) is 14.4. The number of fused-ring (bicyclic) bond motifs is 1. The van der Waals surface area contributed by atoms with Crippen molar-refractivity contribution < 1.29 is 13.9 Å². The number of hydrogen-bond donors (Lipinski definition) is 1. The molecule has 0 saturated carbocycles. The number of carbonyl (C=O) groups excluding carboxylic acids is 1. The van der Waals surface area contributed by atoms with Crippen molar-refractivity contribution in [2.75, 3.05) is 36.5 Å². The summed E-state index contributed by atoms with van der Waals surface area (Å²) in [5, 5.41) is 3.25.